The number of ether oxygens (including phenoxy) is 1. The van der Waals surface area contributed by atoms with E-state index in [4.69, 9.17) is 4.74 Å². The molecule has 2 saturated heterocycles. The third-order valence-corrected chi connectivity index (χ3v) is 15.3. The molecule has 3 aliphatic carbocycles. The number of methoxy groups -OCH3 is 1. The number of aromatic hydroxyl groups is 1. The number of carbonyl (C=O) groups is 2. The molecular weight excluding hydrogens is 957 g/mol. The third kappa shape index (κ3) is 11.0. The summed E-state index contributed by atoms with van der Waals surface area (Å²) < 4.78 is 87.7. The number of aliphatic imine (C=N–C) groups is 1. The van der Waals surface area contributed by atoms with E-state index < -0.39 is 29.9 Å². The summed E-state index contributed by atoms with van der Waals surface area (Å²) in [4.78, 5) is 49.1. The highest BCUT2D eigenvalue weighted by Crippen LogP contribution is 2.44. The maximum Gasteiger partial charge on any atom is 0.416 e. The Bertz CT molecular complexity index is 2840. The molecule has 0 unspecified atom stereocenters. The van der Waals surface area contributed by atoms with Crippen LogP contribution in [0.15, 0.2) is 101 Å². The van der Waals surface area contributed by atoms with Crippen LogP contribution in [0.5, 0.6) is 11.5 Å². The van der Waals surface area contributed by atoms with Gasteiger partial charge in [0.05, 0.1) is 60.9 Å². The predicted molar refractivity (Wildman–Crippen MR) is 262 cm³/mol. The molecule has 4 aromatic rings. The summed E-state index contributed by atoms with van der Waals surface area (Å²) in [6, 6.07) is 11.2. The van der Waals surface area contributed by atoms with E-state index in [0.717, 1.165) is 94.0 Å². The standard InChI is InChI=1S/C52H57F6N11O4/c1-73-46-21-59-17-16-40(46)31-4-10-37(11-5-31)68-26-35(27-68)66-48(72)23-61-50-42-19-33(52(56,57)58)7-15-44(42)69(29-64-50)38-12-13-39(45(70)20-38)30-2-8-36(9-3-30)67-24-34(25-67)65-47(71)22-60-49-41-18-32(51(53,54)55)6-14-43(41)62-28-63-49/h6-7,12-18,20-21,28-31,34-37,61,70H,2-5,8-11,19,22-27H2,1H3,(H,65,71)(H,66,72)(H,60,62,63). The lowest BCUT2D eigenvalue weighted by molar-refractivity contribution is -0.137. The van der Waals surface area contributed by atoms with E-state index in [1.165, 1.54) is 30.4 Å². The van der Waals surface area contributed by atoms with Crippen LogP contribution in [0.25, 0.3) is 10.9 Å². The highest BCUT2D eigenvalue weighted by Gasteiger charge is 2.40. The van der Waals surface area contributed by atoms with E-state index in [9.17, 15) is 41.0 Å². The molecule has 15 nitrogen and oxygen atoms in total. The summed E-state index contributed by atoms with van der Waals surface area (Å²) in [6.07, 6.45) is 6.76. The van der Waals surface area contributed by atoms with Crippen molar-refractivity contribution in [2.45, 2.75) is 106 Å². The van der Waals surface area contributed by atoms with Crippen LogP contribution in [0.2, 0.25) is 0 Å². The first-order valence-corrected chi connectivity index (χ1v) is 24.8. The maximum absolute atomic E-state index is 14.1. The number of pyridine rings is 1. The van der Waals surface area contributed by atoms with E-state index in [1.54, 1.807) is 30.5 Å². The Morgan fingerprint density at radius 2 is 1.40 bits per heavy atom. The minimum absolute atomic E-state index is 0.0236. The van der Waals surface area contributed by atoms with Gasteiger partial charge in [-0.2, -0.15) is 26.3 Å². The van der Waals surface area contributed by atoms with Crippen molar-refractivity contribution in [3.63, 3.8) is 0 Å². The van der Waals surface area contributed by atoms with E-state index in [1.807, 2.05) is 18.2 Å². The number of phenols is 1. The zero-order valence-electron chi connectivity index (χ0n) is 40.1. The number of hydrogen-bond acceptors (Lipinski definition) is 13. The van der Waals surface area contributed by atoms with Crippen molar-refractivity contribution < 1.29 is 45.8 Å². The number of allylic oxidation sites excluding steroid dienone is 4. The summed E-state index contributed by atoms with van der Waals surface area (Å²) >= 11 is 0. The lowest BCUT2D eigenvalue weighted by Gasteiger charge is -2.46. The minimum Gasteiger partial charge on any atom is -0.508 e. The van der Waals surface area contributed by atoms with Gasteiger partial charge in [0.2, 0.25) is 11.8 Å². The molecule has 2 amide bonds. The Morgan fingerprint density at radius 3 is 2.01 bits per heavy atom. The number of amides is 2. The first-order valence-electron chi connectivity index (χ1n) is 24.8. The van der Waals surface area contributed by atoms with Crippen LogP contribution >= 0.6 is 0 Å². The molecule has 3 aliphatic heterocycles. The fourth-order valence-corrected chi connectivity index (χ4v) is 11.4. The van der Waals surface area contributed by atoms with Gasteiger partial charge >= 0.3 is 12.4 Å². The van der Waals surface area contributed by atoms with Crippen molar-refractivity contribution in [2.75, 3.05) is 56.6 Å². The van der Waals surface area contributed by atoms with Crippen LogP contribution in [-0.2, 0) is 15.8 Å². The molecular formula is C52H57F6N11O4. The number of halogens is 6. The number of carbonyl (C=O) groups excluding carboxylic acids is 2. The number of rotatable bonds is 14. The van der Waals surface area contributed by atoms with Gasteiger partial charge in [0.15, 0.2) is 0 Å². The number of benzene rings is 2. The van der Waals surface area contributed by atoms with Crippen molar-refractivity contribution in [3.8, 4) is 11.5 Å². The van der Waals surface area contributed by atoms with Gasteiger partial charge < -0.3 is 36.0 Å². The second kappa shape index (κ2) is 20.6. The Morgan fingerprint density at radius 1 is 0.753 bits per heavy atom. The minimum atomic E-state index is -4.56. The number of hydrogen-bond donors (Lipinski definition) is 5. The quantitative estimate of drug-likeness (QED) is 0.0783. The molecule has 0 atom stereocenters. The summed E-state index contributed by atoms with van der Waals surface area (Å²) in [5.41, 5.74) is 1.99. The van der Waals surface area contributed by atoms with Gasteiger partial charge in [-0.05, 0) is 105 Å². The number of alkyl halides is 6. The van der Waals surface area contributed by atoms with Gasteiger partial charge in [0, 0.05) is 79.0 Å². The molecule has 6 aliphatic rings. The smallest absolute Gasteiger partial charge is 0.416 e. The molecule has 21 heteroatoms. The van der Waals surface area contributed by atoms with E-state index in [-0.39, 0.29) is 71.3 Å². The number of likely N-dealkylation sites (tertiary alicyclic amines) is 2. The Hall–Kier alpha value is -6.74. The average molecular weight is 1010 g/mol. The molecule has 73 heavy (non-hydrogen) atoms. The molecule has 386 valence electrons. The first-order chi connectivity index (χ1) is 35.1. The normalized spacial score (nSPS) is 23.2. The second-order valence-electron chi connectivity index (χ2n) is 19.8. The molecule has 0 radical (unpaired) electrons. The SMILES string of the molecule is COc1cnccc1C1CCC(N2CC(NC(=O)CNC3=C4CC(C(F)(F)F)=CC=C4N(c4ccc(C5CCC(N6CC(NC(=O)CNc7ncnc8ccc(C(F)(F)F)cc78)C6)CC5)c(O)c4)C=N3)C2)CC1. The van der Waals surface area contributed by atoms with Crippen molar-refractivity contribution in [1.82, 2.24) is 40.7 Å². The fourth-order valence-electron chi connectivity index (χ4n) is 11.4. The van der Waals surface area contributed by atoms with Gasteiger partial charge in [0.1, 0.15) is 35.8 Å². The number of nitrogens with zero attached hydrogens (tertiary/aromatic N) is 7. The zero-order valence-corrected chi connectivity index (χ0v) is 40.1. The van der Waals surface area contributed by atoms with Crippen LogP contribution in [0.1, 0.15) is 86.3 Å². The van der Waals surface area contributed by atoms with Crippen LogP contribution in [0, 0.1) is 0 Å². The lowest BCUT2D eigenvalue weighted by atomic mass is 9.80. The summed E-state index contributed by atoms with van der Waals surface area (Å²) in [5.74, 6) is 1.14. The monoisotopic (exact) mass is 1010 g/mol. The number of phenolic OH excluding ortho intramolecular Hbond substituents is 1. The molecule has 0 bridgehead atoms. The average Bonchev–Trinajstić information content (AvgIpc) is 3.36. The van der Waals surface area contributed by atoms with Gasteiger partial charge in [-0.15, -0.1) is 0 Å². The Kier molecular flexibility index (Phi) is 14.1. The highest BCUT2D eigenvalue weighted by molar-refractivity contribution is 5.92. The lowest BCUT2D eigenvalue weighted by Crippen LogP contribution is -2.63. The molecule has 4 fully saturated rings. The Labute approximate surface area is 417 Å². The third-order valence-electron chi connectivity index (χ3n) is 15.3. The van der Waals surface area contributed by atoms with Crippen LogP contribution in [0.3, 0.4) is 0 Å². The molecule has 2 aromatic carbocycles. The number of fused-ring (bicyclic) bond motifs is 2. The highest BCUT2D eigenvalue weighted by atomic mass is 19.4. The van der Waals surface area contributed by atoms with Crippen LogP contribution < -0.4 is 30.9 Å². The second-order valence-corrected chi connectivity index (χ2v) is 19.8. The summed E-state index contributed by atoms with van der Waals surface area (Å²) in [5, 5.41) is 23.5. The Balaban J connectivity index is 0.685. The number of nitrogens with one attached hydrogen (secondary N) is 4. The molecule has 5 N–H and O–H groups in total. The topological polar surface area (TPSA) is 172 Å². The molecule has 2 aromatic heterocycles. The van der Waals surface area contributed by atoms with E-state index in [2.05, 4.69) is 51.0 Å². The number of aromatic nitrogens is 3. The van der Waals surface area contributed by atoms with Crippen molar-refractivity contribution in [1.29, 1.82) is 0 Å². The molecule has 5 heterocycles. The first kappa shape index (κ1) is 49.8. The van der Waals surface area contributed by atoms with E-state index >= 15 is 0 Å². The fraction of sp³-hybridized carbons (Fsp3) is 0.462. The number of anilines is 2. The molecule has 0 spiro atoms. The largest absolute Gasteiger partial charge is 0.508 e. The van der Waals surface area contributed by atoms with Crippen LogP contribution in [-0.4, -0.2) is 125 Å². The molecule has 10 rings (SSSR count). The van der Waals surface area contributed by atoms with Crippen molar-refractivity contribution in [3.05, 3.63) is 113 Å². The van der Waals surface area contributed by atoms with Crippen molar-refractivity contribution >= 4 is 40.6 Å². The maximum atomic E-state index is 14.1. The van der Waals surface area contributed by atoms with Gasteiger partial charge in [-0.1, -0.05) is 12.1 Å². The van der Waals surface area contributed by atoms with Gasteiger partial charge in [-0.3, -0.25) is 24.4 Å². The van der Waals surface area contributed by atoms with E-state index in [0.29, 0.717) is 48.0 Å². The van der Waals surface area contributed by atoms with Gasteiger partial charge in [0.25, 0.3) is 0 Å². The predicted octanol–water partition coefficient (Wildman–Crippen LogP) is 7.65. The molecule has 2 saturated carbocycles. The summed E-state index contributed by atoms with van der Waals surface area (Å²) in [6.45, 7) is 2.45. The van der Waals surface area contributed by atoms with Crippen molar-refractivity contribution in [2.24, 2.45) is 4.99 Å². The van der Waals surface area contributed by atoms with Gasteiger partial charge in [-0.25, -0.2) is 15.0 Å². The summed E-state index contributed by atoms with van der Waals surface area (Å²) in [7, 11) is 1.67. The zero-order chi connectivity index (χ0) is 51.0. The van der Waals surface area contributed by atoms with Crippen LogP contribution in [0.4, 0.5) is 37.8 Å².